The predicted octanol–water partition coefficient (Wildman–Crippen LogP) is 5.84. The summed E-state index contributed by atoms with van der Waals surface area (Å²) >= 11 is 1.31. The van der Waals surface area contributed by atoms with Gasteiger partial charge in [0.1, 0.15) is 5.00 Å². The van der Waals surface area contributed by atoms with Crippen LogP contribution in [-0.4, -0.2) is 24.0 Å². The second kappa shape index (κ2) is 9.32. The Labute approximate surface area is 189 Å². The molecule has 0 saturated carbocycles. The Morgan fingerprint density at radius 2 is 2.00 bits per heavy atom. The van der Waals surface area contributed by atoms with Crippen molar-refractivity contribution in [1.29, 1.82) is 0 Å². The van der Waals surface area contributed by atoms with E-state index in [1.54, 1.807) is 13.0 Å². The lowest BCUT2D eigenvalue weighted by Crippen LogP contribution is -2.32. The van der Waals surface area contributed by atoms with Crippen LogP contribution in [0.4, 0.5) is 23.9 Å². The van der Waals surface area contributed by atoms with Gasteiger partial charge in [-0.1, -0.05) is 36.4 Å². The van der Waals surface area contributed by atoms with E-state index in [1.165, 1.54) is 28.7 Å². The Bertz CT molecular complexity index is 1110. The summed E-state index contributed by atoms with van der Waals surface area (Å²) in [5.41, 5.74) is 3.06. The van der Waals surface area contributed by atoms with E-state index >= 15 is 0 Å². The number of amides is 1. The van der Waals surface area contributed by atoms with Crippen LogP contribution < -0.4 is 10.2 Å². The third-order valence-electron chi connectivity index (χ3n) is 5.52. The molecule has 1 N–H and O–H groups in total. The normalized spacial score (nSPS) is 13.7. The highest BCUT2D eigenvalue weighted by atomic mass is 32.1. The molecule has 4 nitrogen and oxygen atoms in total. The zero-order chi connectivity index (χ0) is 22.7. The van der Waals surface area contributed by atoms with Gasteiger partial charge in [0.05, 0.1) is 16.3 Å². The molecule has 0 saturated heterocycles. The van der Waals surface area contributed by atoms with Gasteiger partial charge < -0.3 is 10.2 Å². The van der Waals surface area contributed by atoms with Crippen LogP contribution in [0.3, 0.4) is 0 Å². The van der Waals surface area contributed by atoms with Gasteiger partial charge in [0, 0.05) is 31.6 Å². The molecular formula is C24H24F3N3OS. The van der Waals surface area contributed by atoms with Crippen molar-refractivity contribution in [3.8, 4) is 0 Å². The number of nitrogens with zero attached hydrogens (tertiary/aromatic N) is 2. The van der Waals surface area contributed by atoms with Gasteiger partial charge in [-0.05, 0) is 43.0 Å². The molecule has 0 fully saturated rings. The molecule has 1 aliphatic rings. The minimum Gasteiger partial charge on any atom is -0.371 e. The molecule has 0 atom stereocenters. The smallest absolute Gasteiger partial charge is 0.371 e. The molecule has 2 aromatic carbocycles. The van der Waals surface area contributed by atoms with Crippen molar-refractivity contribution < 1.29 is 18.0 Å². The molecule has 8 heteroatoms. The lowest BCUT2D eigenvalue weighted by Gasteiger charge is -2.31. The van der Waals surface area contributed by atoms with E-state index in [4.69, 9.17) is 0 Å². The van der Waals surface area contributed by atoms with Gasteiger partial charge in [-0.15, -0.1) is 11.3 Å². The average molecular weight is 460 g/mol. The van der Waals surface area contributed by atoms with Crippen LogP contribution in [-0.2, 0) is 23.8 Å². The van der Waals surface area contributed by atoms with Crippen molar-refractivity contribution in [2.24, 2.45) is 0 Å². The zero-order valence-corrected chi connectivity index (χ0v) is 18.5. The number of para-hydroxylation sites is 1. The molecule has 0 spiro atoms. The van der Waals surface area contributed by atoms with Crippen LogP contribution in [0.15, 0.2) is 48.5 Å². The minimum atomic E-state index is -4.37. The summed E-state index contributed by atoms with van der Waals surface area (Å²) in [6.07, 6.45) is -1.59. The highest BCUT2D eigenvalue weighted by Crippen LogP contribution is 2.31. The number of benzene rings is 2. The van der Waals surface area contributed by atoms with Crippen LogP contribution in [0.2, 0.25) is 0 Å². The fraction of sp³-hybridized carbons (Fsp3) is 0.333. The highest BCUT2D eigenvalue weighted by molar-refractivity contribution is 7.16. The topological polar surface area (TPSA) is 45.2 Å². The number of anilines is 2. The predicted molar refractivity (Wildman–Crippen MR) is 121 cm³/mol. The van der Waals surface area contributed by atoms with E-state index in [9.17, 15) is 18.0 Å². The van der Waals surface area contributed by atoms with Gasteiger partial charge in [-0.25, -0.2) is 4.98 Å². The Hall–Kier alpha value is -2.87. The molecule has 0 bridgehead atoms. The van der Waals surface area contributed by atoms with Crippen LogP contribution in [0.5, 0.6) is 0 Å². The summed E-state index contributed by atoms with van der Waals surface area (Å²) < 4.78 is 38.8. The Kier molecular flexibility index (Phi) is 6.50. The van der Waals surface area contributed by atoms with Crippen LogP contribution in [0.25, 0.3) is 0 Å². The summed E-state index contributed by atoms with van der Waals surface area (Å²) in [6, 6.07) is 13.5. The van der Waals surface area contributed by atoms with E-state index in [0.717, 1.165) is 31.5 Å². The molecule has 168 valence electrons. The first-order chi connectivity index (χ1) is 15.3. The summed E-state index contributed by atoms with van der Waals surface area (Å²) in [4.78, 5) is 19.2. The second-order valence-electron chi connectivity index (χ2n) is 7.91. The number of thiazole rings is 1. The fourth-order valence-corrected chi connectivity index (χ4v) is 4.96. The number of carbonyl (C=O) groups is 1. The van der Waals surface area contributed by atoms with Crippen molar-refractivity contribution in [1.82, 2.24) is 4.98 Å². The maximum absolute atomic E-state index is 12.9. The van der Waals surface area contributed by atoms with E-state index in [-0.39, 0.29) is 12.3 Å². The Balaban J connectivity index is 1.36. The molecule has 1 amide bonds. The second-order valence-corrected chi connectivity index (χ2v) is 9.00. The number of aryl methyl sites for hydroxylation is 2. The van der Waals surface area contributed by atoms with Crippen molar-refractivity contribution in [3.05, 3.63) is 75.9 Å². The van der Waals surface area contributed by atoms with Gasteiger partial charge in [0.15, 0.2) is 0 Å². The summed E-state index contributed by atoms with van der Waals surface area (Å²) in [5, 5.41) is 4.24. The van der Waals surface area contributed by atoms with Crippen molar-refractivity contribution in [2.75, 3.05) is 23.3 Å². The number of rotatable bonds is 6. The standard InChI is InChI=1S/C24H24F3N3OS/c1-16-23(32-22(28-16)15-17-6-4-9-19(14-17)24(25,26)27)29-21(31)11-13-30-12-5-8-18-7-2-3-10-20(18)30/h2-4,6-7,9-10,14H,5,8,11-13,15H2,1H3,(H,29,31). The van der Waals surface area contributed by atoms with Gasteiger partial charge >= 0.3 is 6.18 Å². The third kappa shape index (κ3) is 5.30. The number of nitrogens with one attached hydrogen (secondary N) is 1. The lowest BCUT2D eigenvalue weighted by atomic mass is 10.0. The van der Waals surface area contributed by atoms with Gasteiger partial charge in [-0.2, -0.15) is 13.2 Å². The summed E-state index contributed by atoms with van der Waals surface area (Å²) in [6.45, 7) is 3.37. The van der Waals surface area contributed by atoms with Gasteiger partial charge in [0.2, 0.25) is 5.91 Å². The molecule has 3 aromatic rings. The number of carbonyl (C=O) groups excluding carboxylic acids is 1. The maximum Gasteiger partial charge on any atom is 0.416 e. The van der Waals surface area contributed by atoms with E-state index in [1.807, 2.05) is 12.1 Å². The number of fused-ring (bicyclic) bond motifs is 1. The van der Waals surface area contributed by atoms with Crippen LogP contribution in [0.1, 0.15) is 40.2 Å². The summed E-state index contributed by atoms with van der Waals surface area (Å²) in [5.74, 6) is -0.0922. The molecule has 0 radical (unpaired) electrons. The first-order valence-electron chi connectivity index (χ1n) is 10.5. The molecular weight excluding hydrogens is 435 g/mol. The summed E-state index contributed by atoms with van der Waals surface area (Å²) in [7, 11) is 0. The number of hydrogen-bond acceptors (Lipinski definition) is 4. The van der Waals surface area contributed by atoms with E-state index in [2.05, 4.69) is 27.3 Å². The van der Waals surface area contributed by atoms with Crippen molar-refractivity contribution in [2.45, 2.75) is 38.8 Å². The maximum atomic E-state index is 12.9. The largest absolute Gasteiger partial charge is 0.416 e. The SMILES string of the molecule is Cc1nc(Cc2cccc(C(F)(F)F)c2)sc1NC(=O)CCN1CCCc2ccccc21. The Morgan fingerprint density at radius 1 is 1.19 bits per heavy atom. The van der Waals surface area contributed by atoms with Gasteiger partial charge in [-0.3, -0.25) is 4.79 Å². The van der Waals surface area contributed by atoms with Crippen molar-refractivity contribution >= 4 is 27.9 Å². The van der Waals surface area contributed by atoms with E-state index < -0.39 is 11.7 Å². The number of alkyl halides is 3. The average Bonchev–Trinajstić information content (AvgIpc) is 3.10. The molecule has 0 unspecified atom stereocenters. The first-order valence-corrected chi connectivity index (χ1v) is 11.4. The molecule has 2 heterocycles. The fourth-order valence-electron chi connectivity index (χ4n) is 3.95. The molecule has 4 rings (SSSR count). The quantitative estimate of drug-likeness (QED) is 0.504. The molecule has 0 aliphatic carbocycles. The monoisotopic (exact) mass is 459 g/mol. The lowest BCUT2D eigenvalue weighted by molar-refractivity contribution is -0.137. The van der Waals surface area contributed by atoms with Crippen molar-refractivity contribution in [3.63, 3.8) is 0 Å². The molecule has 1 aromatic heterocycles. The van der Waals surface area contributed by atoms with E-state index in [0.29, 0.717) is 34.2 Å². The third-order valence-corrected chi connectivity index (χ3v) is 6.59. The number of halogens is 3. The minimum absolute atomic E-state index is 0.0922. The van der Waals surface area contributed by atoms with Crippen LogP contribution in [0, 0.1) is 6.92 Å². The molecule has 32 heavy (non-hydrogen) atoms. The number of hydrogen-bond donors (Lipinski definition) is 1. The van der Waals surface area contributed by atoms with Gasteiger partial charge in [0.25, 0.3) is 0 Å². The highest BCUT2D eigenvalue weighted by Gasteiger charge is 2.30. The first kappa shape index (κ1) is 22.3. The Morgan fingerprint density at radius 3 is 2.81 bits per heavy atom. The number of aromatic nitrogens is 1. The zero-order valence-electron chi connectivity index (χ0n) is 17.7. The molecule has 1 aliphatic heterocycles. The van der Waals surface area contributed by atoms with Crippen LogP contribution >= 0.6 is 11.3 Å².